The van der Waals surface area contributed by atoms with Crippen LogP contribution in [0, 0.1) is 0 Å². The lowest BCUT2D eigenvalue weighted by Crippen LogP contribution is -2.25. The van der Waals surface area contributed by atoms with Gasteiger partial charge in [0, 0.05) is 0 Å². The van der Waals surface area contributed by atoms with Gasteiger partial charge in [-0.3, -0.25) is 0 Å². The lowest BCUT2D eigenvalue weighted by Gasteiger charge is -2.24. The topological polar surface area (TPSA) is 49.7 Å². The van der Waals surface area contributed by atoms with Crippen LogP contribution in [0.4, 0.5) is 0 Å². The number of aliphatic hydroxyl groups excluding tert-OH is 2. The third kappa shape index (κ3) is 4.26. The number of hydrogen-bond acceptors (Lipinski definition) is 3. The highest BCUT2D eigenvalue weighted by molar-refractivity contribution is 5.13. The van der Waals surface area contributed by atoms with Crippen molar-refractivity contribution in [1.29, 1.82) is 0 Å². The van der Waals surface area contributed by atoms with Crippen LogP contribution in [-0.4, -0.2) is 29.0 Å². The van der Waals surface area contributed by atoms with Gasteiger partial charge in [-0.2, -0.15) is 0 Å². The lowest BCUT2D eigenvalue weighted by molar-refractivity contribution is 0.0600. The summed E-state index contributed by atoms with van der Waals surface area (Å²) in [5.74, 6) is 0. The van der Waals surface area contributed by atoms with E-state index in [4.69, 9.17) is 4.74 Å². The van der Waals surface area contributed by atoms with Crippen molar-refractivity contribution in [3.63, 3.8) is 0 Å². The third-order valence-corrected chi connectivity index (χ3v) is 3.14. The molecule has 1 fully saturated rings. The molecule has 1 aromatic carbocycles. The maximum Gasteiger partial charge on any atom is 0.0721 e. The molecule has 1 aliphatic rings. The molecule has 1 aliphatic carbocycles. The van der Waals surface area contributed by atoms with Crippen LogP contribution in [0.3, 0.4) is 0 Å². The molecular formula is C15H20O3. The van der Waals surface area contributed by atoms with E-state index in [2.05, 4.69) is 0 Å². The van der Waals surface area contributed by atoms with E-state index in [1.807, 2.05) is 36.4 Å². The van der Waals surface area contributed by atoms with Crippen LogP contribution in [0.15, 0.2) is 42.0 Å². The molecule has 2 atom stereocenters. The van der Waals surface area contributed by atoms with Crippen molar-refractivity contribution in [1.82, 2.24) is 0 Å². The molecule has 0 unspecified atom stereocenters. The molecule has 0 radical (unpaired) electrons. The van der Waals surface area contributed by atoms with Crippen LogP contribution in [0.5, 0.6) is 0 Å². The molecule has 0 bridgehead atoms. The summed E-state index contributed by atoms with van der Waals surface area (Å²) in [5, 5.41) is 19.1. The second-order valence-electron chi connectivity index (χ2n) is 4.81. The first-order valence-corrected chi connectivity index (χ1v) is 6.40. The van der Waals surface area contributed by atoms with Gasteiger partial charge in [-0.15, -0.1) is 0 Å². The Morgan fingerprint density at radius 2 is 1.78 bits per heavy atom. The van der Waals surface area contributed by atoms with Gasteiger partial charge in [0.1, 0.15) is 0 Å². The molecule has 0 heterocycles. The summed E-state index contributed by atoms with van der Waals surface area (Å²) < 4.78 is 5.55. The predicted octanol–water partition coefficient (Wildman–Crippen LogP) is 2.04. The number of hydrogen-bond donors (Lipinski definition) is 2. The maximum atomic E-state index is 9.54. The van der Waals surface area contributed by atoms with Gasteiger partial charge in [-0.25, -0.2) is 0 Å². The zero-order chi connectivity index (χ0) is 12.8. The minimum Gasteiger partial charge on any atom is -0.393 e. The Hall–Kier alpha value is -1.16. The Morgan fingerprint density at radius 1 is 1.11 bits per heavy atom. The molecule has 0 aromatic heterocycles. The molecular weight excluding hydrogens is 228 g/mol. The molecule has 0 amide bonds. The Labute approximate surface area is 108 Å². The first-order valence-electron chi connectivity index (χ1n) is 6.40. The average molecular weight is 248 g/mol. The largest absolute Gasteiger partial charge is 0.393 e. The van der Waals surface area contributed by atoms with Gasteiger partial charge in [-0.1, -0.05) is 42.0 Å². The van der Waals surface area contributed by atoms with E-state index in [1.165, 1.54) is 0 Å². The Kier molecular flexibility index (Phi) is 4.93. The highest BCUT2D eigenvalue weighted by Crippen LogP contribution is 2.23. The summed E-state index contributed by atoms with van der Waals surface area (Å²) in [6, 6.07) is 10.0. The number of aliphatic hydroxyl groups is 2. The zero-order valence-electron chi connectivity index (χ0n) is 10.5. The summed E-state index contributed by atoms with van der Waals surface area (Å²) in [6.07, 6.45) is 2.97. The minimum atomic E-state index is -0.408. The lowest BCUT2D eigenvalue weighted by atomic mass is 9.90. The Bertz CT molecular complexity index is 374. The van der Waals surface area contributed by atoms with Gasteiger partial charge in [0.2, 0.25) is 0 Å². The van der Waals surface area contributed by atoms with E-state index in [1.54, 1.807) is 0 Å². The third-order valence-electron chi connectivity index (χ3n) is 3.14. The maximum absolute atomic E-state index is 9.54. The van der Waals surface area contributed by atoms with Crippen molar-refractivity contribution in [3.05, 3.63) is 47.5 Å². The summed E-state index contributed by atoms with van der Waals surface area (Å²) in [7, 11) is 0. The quantitative estimate of drug-likeness (QED) is 0.633. The predicted molar refractivity (Wildman–Crippen MR) is 70.0 cm³/mol. The van der Waals surface area contributed by atoms with Gasteiger partial charge < -0.3 is 14.9 Å². The van der Waals surface area contributed by atoms with E-state index < -0.39 is 12.2 Å². The normalized spacial score (nSPS) is 24.0. The highest BCUT2D eigenvalue weighted by Gasteiger charge is 2.21. The van der Waals surface area contributed by atoms with Crippen molar-refractivity contribution in [2.75, 3.05) is 6.61 Å². The Balaban J connectivity index is 1.74. The number of benzene rings is 1. The molecule has 3 heteroatoms. The smallest absolute Gasteiger partial charge is 0.0721 e. The molecule has 18 heavy (non-hydrogen) atoms. The first-order chi connectivity index (χ1) is 8.74. The number of rotatable bonds is 4. The standard InChI is InChI=1S/C15H20O3/c16-14-8-13(9-15(17)10-14)6-7-18-11-12-4-2-1-3-5-12/h1-6,14-17H,7-11H2/t14-,15-/m1/s1. The van der Waals surface area contributed by atoms with Crippen molar-refractivity contribution in [3.8, 4) is 0 Å². The molecule has 0 saturated heterocycles. The van der Waals surface area contributed by atoms with Crippen molar-refractivity contribution < 1.29 is 14.9 Å². The summed E-state index contributed by atoms with van der Waals surface area (Å²) in [4.78, 5) is 0. The Morgan fingerprint density at radius 3 is 2.44 bits per heavy atom. The first kappa shape index (κ1) is 13.3. The summed E-state index contributed by atoms with van der Waals surface area (Å²) in [5.41, 5.74) is 2.24. The van der Waals surface area contributed by atoms with E-state index in [0.29, 0.717) is 32.5 Å². The second kappa shape index (κ2) is 6.69. The molecule has 0 aliphatic heterocycles. The van der Waals surface area contributed by atoms with E-state index in [0.717, 1.165) is 11.1 Å². The van der Waals surface area contributed by atoms with E-state index >= 15 is 0 Å². The summed E-state index contributed by atoms with van der Waals surface area (Å²) >= 11 is 0. The molecule has 1 saturated carbocycles. The second-order valence-corrected chi connectivity index (χ2v) is 4.81. The van der Waals surface area contributed by atoms with Crippen molar-refractivity contribution in [2.24, 2.45) is 0 Å². The average Bonchev–Trinajstić information content (AvgIpc) is 2.35. The zero-order valence-corrected chi connectivity index (χ0v) is 10.5. The van der Waals surface area contributed by atoms with Gasteiger partial charge in [0.15, 0.2) is 0 Å². The molecule has 98 valence electrons. The van der Waals surface area contributed by atoms with Crippen LogP contribution < -0.4 is 0 Å². The van der Waals surface area contributed by atoms with Crippen molar-refractivity contribution >= 4 is 0 Å². The highest BCUT2D eigenvalue weighted by atomic mass is 16.5. The van der Waals surface area contributed by atoms with Crippen LogP contribution in [0.25, 0.3) is 0 Å². The van der Waals surface area contributed by atoms with Gasteiger partial charge >= 0.3 is 0 Å². The fourth-order valence-corrected chi connectivity index (χ4v) is 2.26. The SMILES string of the molecule is O[C@@H]1CC(=CCOCc2ccccc2)C[C@@H](O)C1. The van der Waals surface area contributed by atoms with E-state index in [9.17, 15) is 10.2 Å². The molecule has 1 aromatic rings. The fourth-order valence-electron chi connectivity index (χ4n) is 2.26. The van der Waals surface area contributed by atoms with Crippen LogP contribution >= 0.6 is 0 Å². The molecule has 2 rings (SSSR count). The summed E-state index contributed by atoms with van der Waals surface area (Å²) in [6.45, 7) is 1.12. The fraction of sp³-hybridized carbons (Fsp3) is 0.467. The van der Waals surface area contributed by atoms with Gasteiger partial charge in [-0.05, 0) is 24.8 Å². The van der Waals surface area contributed by atoms with Crippen LogP contribution in [0.1, 0.15) is 24.8 Å². The molecule has 0 spiro atoms. The monoisotopic (exact) mass is 248 g/mol. The number of ether oxygens (including phenoxy) is 1. The van der Waals surface area contributed by atoms with Crippen LogP contribution in [-0.2, 0) is 11.3 Å². The minimum absolute atomic E-state index is 0.408. The van der Waals surface area contributed by atoms with Gasteiger partial charge in [0.25, 0.3) is 0 Å². The van der Waals surface area contributed by atoms with E-state index in [-0.39, 0.29) is 0 Å². The van der Waals surface area contributed by atoms with Crippen molar-refractivity contribution in [2.45, 2.75) is 38.1 Å². The molecule has 2 N–H and O–H groups in total. The van der Waals surface area contributed by atoms with Gasteiger partial charge in [0.05, 0.1) is 25.4 Å². The molecule has 3 nitrogen and oxygen atoms in total. The van der Waals surface area contributed by atoms with Crippen LogP contribution in [0.2, 0.25) is 0 Å².